The van der Waals surface area contributed by atoms with Crippen molar-refractivity contribution in [2.45, 2.75) is 19.8 Å². The second-order valence-electron chi connectivity index (χ2n) is 4.85. The number of benzene rings is 2. The largest absolute Gasteiger partial charge is 0.398 e. The van der Waals surface area contributed by atoms with Crippen LogP contribution in [0.15, 0.2) is 53.0 Å². The van der Waals surface area contributed by atoms with E-state index in [0.717, 1.165) is 18.5 Å². The molecule has 4 heteroatoms. The van der Waals surface area contributed by atoms with E-state index in [-0.39, 0.29) is 5.91 Å². The molecule has 0 unspecified atom stereocenters. The monoisotopic (exact) mass is 346 g/mol. The second kappa shape index (κ2) is 7.27. The lowest BCUT2D eigenvalue weighted by Crippen LogP contribution is -2.32. The number of halogens is 1. The second-order valence-corrected chi connectivity index (χ2v) is 5.65. The molecule has 0 spiro atoms. The van der Waals surface area contributed by atoms with Crippen LogP contribution in [0, 0.1) is 0 Å². The first kappa shape index (κ1) is 15.6. The van der Waals surface area contributed by atoms with Crippen LogP contribution in [0.1, 0.15) is 30.1 Å². The Morgan fingerprint density at radius 3 is 2.52 bits per heavy atom. The number of hydrogen-bond acceptors (Lipinski definition) is 2. The van der Waals surface area contributed by atoms with E-state index < -0.39 is 0 Å². The first-order valence-corrected chi connectivity index (χ1v) is 7.85. The number of anilines is 2. The zero-order chi connectivity index (χ0) is 15.2. The van der Waals surface area contributed by atoms with Crippen LogP contribution in [0.3, 0.4) is 0 Å². The number of carbonyl (C=O) groups excluding carboxylic acids is 1. The Morgan fingerprint density at radius 2 is 1.86 bits per heavy atom. The summed E-state index contributed by atoms with van der Waals surface area (Å²) in [6, 6.07) is 15.1. The third-order valence-corrected chi connectivity index (χ3v) is 4.19. The summed E-state index contributed by atoms with van der Waals surface area (Å²) in [6.45, 7) is 2.81. The molecule has 0 aliphatic heterocycles. The average molecular weight is 347 g/mol. The number of carbonyl (C=O) groups is 1. The van der Waals surface area contributed by atoms with Gasteiger partial charge in [-0.15, -0.1) is 0 Å². The Morgan fingerprint density at radius 1 is 1.14 bits per heavy atom. The van der Waals surface area contributed by atoms with Crippen LogP contribution < -0.4 is 10.6 Å². The fraction of sp³-hybridized carbons (Fsp3) is 0.235. The van der Waals surface area contributed by atoms with Crippen molar-refractivity contribution < 1.29 is 4.79 Å². The fourth-order valence-corrected chi connectivity index (χ4v) is 2.57. The summed E-state index contributed by atoms with van der Waals surface area (Å²) in [6.07, 6.45) is 2.00. The van der Waals surface area contributed by atoms with Crippen molar-refractivity contribution in [3.8, 4) is 0 Å². The van der Waals surface area contributed by atoms with E-state index in [1.54, 1.807) is 18.2 Å². The lowest BCUT2D eigenvalue weighted by Gasteiger charge is -2.23. The first-order chi connectivity index (χ1) is 10.1. The molecule has 0 atom stereocenters. The van der Waals surface area contributed by atoms with Gasteiger partial charge < -0.3 is 10.6 Å². The summed E-state index contributed by atoms with van der Waals surface area (Å²) in [5.41, 5.74) is 7.95. The van der Waals surface area contributed by atoms with E-state index in [1.165, 1.54) is 0 Å². The predicted molar refractivity (Wildman–Crippen MR) is 91.6 cm³/mol. The van der Waals surface area contributed by atoms with Crippen molar-refractivity contribution in [2.75, 3.05) is 17.2 Å². The van der Waals surface area contributed by atoms with Crippen molar-refractivity contribution >= 4 is 33.2 Å². The maximum absolute atomic E-state index is 12.9. The molecular formula is C17H19BrN2O. The van der Waals surface area contributed by atoms with E-state index in [2.05, 4.69) is 22.9 Å². The van der Waals surface area contributed by atoms with Gasteiger partial charge in [0.25, 0.3) is 5.91 Å². The topological polar surface area (TPSA) is 46.3 Å². The lowest BCUT2D eigenvalue weighted by molar-refractivity contribution is 0.0986. The van der Waals surface area contributed by atoms with Gasteiger partial charge in [-0.1, -0.05) is 37.6 Å². The van der Waals surface area contributed by atoms with Crippen LogP contribution in [0.2, 0.25) is 0 Å². The predicted octanol–water partition coefficient (Wildman–Crippen LogP) is 4.48. The van der Waals surface area contributed by atoms with Gasteiger partial charge in [-0.25, -0.2) is 0 Å². The van der Waals surface area contributed by atoms with Crippen molar-refractivity contribution in [1.82, 2.24) is 0 Å². The minimum atomic E-state index is -0.0335. The third kappa shape index (κ3) is 3.64. The molecule has 110 valence electrons. The Labute approximate surface area is 133 Å². The van der Waals surface area contributed by atoms with Crippen LogP contribution >= 0.6 is 15.9 Å². The summed E-state index contributed by atoms with van der Waals surface area (Å²) in [5, 5.41) is 0. The highest BCUT2D eigenvalue weighted by Gasteiger charge is 2.20. The van der Waals surface area contributed by atoms with E-state index in [0.29, 0.717) is 22.3 Å². The van der Waals surface area contributed by atoms with Gasteiger partial charge in [0, 0.05) is 17.9 Å². The zero-order valence-corrected chi connectivity index (χ0v) is 13.6. The molecule has 0 fully saturated rings. The van der Waals surface area contributed by atoms with Gasteiger partial charge in [-0.3, -0.25) is 4.79 Å². The average Bonchev–Trinajstić information content (AvgIpc) is 2.51. The van der Waals surface area contributed by atoms with Crippen LogP contribution in [-0.4, -0.2) is 12.5 Å². The first-order valence-electron chi connectivity index (χ1n) is 7.06. The molecule has 2 aromatic rings. The highest BCUT2D eigenvalue weighted by molar-refractivity contribution is 9.10. The minimum absolute atomic E-state index is 0.0335. The molecule has 0 aliphatic carbocycles. The summed E-state index contributed by atoms with van der Waals surface area (Å²) in [7, 11) is 0. The highest BCUT2D eigenvalue weighted by atomic mass is 79.9. The lowest BCUT2D eigenvalue weighted by atomic mass is 10.1. The van der Waals surface area contributed by atoms with Gasteiger partial charge in [0.05, 0.1) is 10.0 Å². The van der Waals surface area contributed by atoms with E-state index in [9.17, 15) is 4.79 Å². The molecule has 3 nitrogen and oxygen atoms in total. The molecule has 1 amide bonds. The van der Waals surface area contributed by atoms with Crippen molar-refractivity contribution in [2.24, 2.45) is 0 Å². The van der Waals surface area contributed by atoms with Crippen LogP contribution in [0.5, 0.6) is 0 Å². The van der Waals surface area contributed by atoms with Crippen LogP contribution in [-0.2, 0) is 0 Å². The highest BCUT2D eigenvalue weighted by Crippen LogP contribution is 2.27. The summed E-state index contributed by atoms with van der Waals surface area (Å²) in [5.74, 6) is -0.0335. The van der Waals surface area contributed by atoms with Gasteiger partial charge >= 0.3 is 0 Å². The summed E-state index contributed by atoms with van der Waals surface area (Å²) in [4.78, 5) is 14.7. The standard InChI is InChI=1S/C17H19BrN2O/c1-2-3-12-20(13-8-5-4-6-9-13)17(21)14-10-7-11-15(19)16(14)18/h4-11H,2-3,12,19H2,1H3. The molecule has 0 aliphatic rings. The number of unbranched alkanes of at least 4 members (excludes halogenated alkanes) is 1. The SMILES string of the molecule is CCCCN(C(=O)c1cccc(N)c1Br)c1ccccc1. The van der Waals surface area contributed by atoms with Gasteiger partial charge in [-0.05, 0) is 46.6 Å². The fourth-order valence-electron chi connectivity index (χ4n) is 2.13. The maximum atomic E-state index is 12.9. The number of amides is 1. The Bertz CT molecular complexity index is 613. The summed E-state index contributed by atoms with van der Waals surface area (Å²) >= 11 is 3.42. The van der Waals surface area contributed by atoms with Crippen molar-refractivity contribution in [1.29, 1.82) is 0 Å². The number of hydrogen-bond donors (Lipinski definition) is 1. The molecular weight excluding hydrogens is 328 g/mol. The Kier molecular flexibility index (Phi) is 5.39. The minimum Gasteiger partial charge on any atom is -0.398 e. The van der Waals surface area contributed by atoms with Gasteiger partial charge in [0.1, 0.15) is 0 Å². The van der Waals surface area contributed by atoms with Crippen molar-refractivity contribution in [3.05, 3.63) is 58.6 Å². The van der Waals surface area contributed by atoms with Gasteiger partial charge in [0.15, 0.2) is 0 Å². The normalized spacial score (nSPS) is 10.4. The third-order valence-electron chi connectivity index (χ3n) is 3.31. The quantitative estimate of drug-likeness (QED) is 0.811. The number of para-hydroxylation sites is 1. The number of nitrogens with two attached hydrogens (primary N) is 1. The number of rotatable bonds is 5. The maximum Gasteiger partial charge on any atom is 0.259 e. The molecule has 0 radical (unpaired) electrons. The molecule has 2 N–H and O–H groups in total. The van der Waals surface area contributed by atoms with Gasteiger partial charge in [-0.2, -0.15) is 0 Å². The van der Waals surface area contributed by atoms with E-state index in [1.807, 2.05) is 35.2 Å². The molecule has 0 aromatic heterocycles. The number of nitrogen functional groups attached to an aromatic ring is 1. The Balaban J connectivity index is 2.36. The molecule has 21 heavy (non-hydrogen) atoms. The van der Waals surface area contributed by atoms with Gasteiger partial charge in [0.2, 0.25) is 0 Å². The Hall–Kier alpha value is -1.81. The summed E-state index contributed by atoms with van der Waals surface area (Å²) < 4.78 is 0.660. The molecule has 0 bridgehead atoms. The molecule has 2 rings (SSSR count). The molecule has 0 saturated heterocycles. The zero-order valence-electron chi connectivity index (χ0n) is 12.1. The van der Waals surface area contributed by atoms with E-state index in [4.69, 9.17) is 5.73 Å². The molecule has 0 saturated carbocycles. The van der Waals surface area contributed by atoms with Crippen LogP contribution in [0.4, 0.5) is 11.4 Å². The smallest absolute Gasteiger partial charge is 0.259 e. The van der Waals surface area contributed by atoms with Crippen LogP contribution in [0.25, 0.3) is 0 Å². The van der Waals surface area contributed by atoms with Crippen molar-refractivity contribution in [3.63, 3.8) is 0 Å². The molecule has 0 heterocycles. The van der Waals surface area contributed by atoms with E-state index >= 15 is 0 Å². The number of nitrogens with zero attached hydrogens (tertiary/aromatic N) is 1. The molecule has 2 aromatic carbocycles.